The highest BCUT2D eigenvalue weighted by molar-refractivity contribution is 6.13. The molecule has 0 radical (unpaired) electrons. The van der Waals surface area contributed by atoms with Gasteiger partial charge in [0.15, 0.2) is 0 Å². The largest absolute Gasteiger partial charge is 0.545 e. The Bertz CT molecular complexity index is 920. The van der Waals surface area contributed by atoms with Crippen molar-refractivity contribution in [2.45, 2.75) is 0 Å². The number of aromatic carboxylic acids is 1. The summed E-state index contributed by atoms with van der Waals surface area (Å²) in [4.78, 5) is 11.0. The third kappa shape index (κ3) is 4.08. The maximum atomic E-state index is 11.0. The van der Waals surface area contributed by atoms with E-state index in [9.17, 15) is 9.90 Å². The minimum absolute atomic E-state index is 0.0934. The average Bonchev–Trinajstić information content (AvgIpc) is 2.69. The lowest BCUT2D eigenvalue weighted by atomic mass is 10.0. The Balaban J connectivity index is 1.96. The van der Waals surface area contributed by atoms with E-state index in [4.69, 9.17) is 4.74 Å². The number of carbonyl (C=O) groups is 1. The lowest BCUT2D eigenvalue weighted by Gasteiger charge is -2.10. The molecule has 0 saturated heterocycles. The van der Waals surface area contributed by atoms with Gasteiger partial charge in [0.05, 0.1) is 24.5 Å². The van der Waals surface area contributed by atoms with Crippen LogP contribution in [0.5, 0.6) is 5.75 Å². The van der Waals surface area contributed by atoms with Crippen LogP contribution >= 0.6 is 0 Å². The molecular formula is C21H17N2O3-. The van der Waals surface area contributed by atoms with Crippen LogP contribution in [0.3, 0.4) is 0 Å². The molecule has 3 aromatic rings. The van der Waals surface area contributed by atoms with Crippen LogP contribution in [0.4, 0.5) is 5.69 Å². The molecule has 0 bridgehead atoms. The molecule has 26 heavy (non-hydrogen) atoms. The first-order chi connectivity index (χ1) is 12.7. The van der Waals surface area contributed by atoms with Crippen molar-refractivity contribution in [3.8, 4) is 5.75 Å². The minimum Gasteiger partial charge on any atom is -0.545 e. The second-order valence-electron chi connectivity index (χ2n) is 5.54. The summed E-state index contributed by atoms with van der Waals surface area (Å²) in [5.41, 5.74) is 6.15. The zero-order chi connectivity index (χ0) is 18.4. The number of hydrogen-bond donors (Lipinski definition) is 1. The summed E-state index contributed by atoms with van der Waals surface area (Å²) < 4.78 is 5.20. The molecule has 0 atom stereocenters. The SMILES string of the molecule is COc1ccc(/C(=N/Nc2cccc(C(=O)[O-])c2)c2ccccc2)cc1. The van der Waals surface area contributed by atoms with Crippen molar-refractivity contribution in [2.75, 3.05) is 12.5 Å². The quantitative estimate of drug-likeness (QED) is 0.551. The molecule has 0 fully saturated rings. The van der Waals surface area contributed by atoms with E-state index < -0.39 is 5.97 Å². The summed E-state index contributed by atoms with van der Waals surface area (Å²) in [6.07, 6.45) is 0. The number of benzene rings is 3. The fraction of sp³-hybridized carbons (Fsp3) is 0.0476. The zero-order valence-corrected chi connectivity index (χ0v) is 14.2. The van der Waals surface area contributed by atoms with Gasteiger partial charge in [0.2, 0.25) is 0 Å². The van der Waals surface area contributed by atoms with Crippen LogP contribution in [0.2, 0.25) is 0 Å². The first-order valence-electron chi connectivity index (χ1n) is 8.02. The minimum atomic E-state index is -1.23. The second-order valence-corrected chi connectivity index (χ2v) is 5.54. The number of anilines is 1. The molecular weight excluding hydrogens is 328 g/mol. The summed E-state index contributed by atoms with van der Waals surface area (Å²) in [7, 11) is 1.62. The summed E-state index contributed by atoms with van der Waals surface area (Å²) in [5.74, 6) is -0.466. The molecule has 0 aliphatic heterocycles. The van der Waals surface area contributed by atoms with E-state index >= 15 is 0 Å². The van der Waals surface area contributed by atoms with Gasteiger partial charge in [-0.1, -0.05) is 42.5 Å². The molecule has 0 heterocycles. The van der Waals surface area contributed by atoms with Gasteiger partial charge in [0.1, 0.15) is 5.75 Å². The molecule has 0 unspecified atom stereocenters. The summed E-state index contributed by atoms with van der Waals surface area (Å²) in [6.45, 7) is 0. The Morgan fingerprint density at radius 2 is 1.54 bits per heavy atom. The normalized spacial score (nSPS) is 11.0. The van der Waals surface area contributed by atoms with Crippen molar-refractivity contribution in [1.29, 1.82) is 0 Å². The maximum Gasteiger partial charge on any atom is 0.118 e. The topological polar surface area (TPSA) is 73.8 Å². The van der Waals surface area contributed by atoms with Crippen LogP contribution in [0.25, 0.3) is 0 Å². The molecule has 3 rings (SSSR count). The van der Waals surface area contributed by atoms with Gasteiger partial charge in [-0.3, -0.25) is 5.43 Å². The molecule has 3 aromatic carbocycles. The van der Waals surface area contributed by atoms with Gasteiger partial charge in [-0.25, -0.2) is 0 Å². The van der Waals surface area contributed by atoms with E-state index in [2.05, 4.69) is 10.5 Å². The third-order valence-corrected chi connectivity index (χ3v) is 3.81. The van der Waals surface area contributed by atoms with Crippen molar-refractivity contribution in [3.05, 3.63) is 95.6 Å². The average molecular weight is 345 g/mol. The zero-order valence-electron chi connectivity index (χ0n) is 14.2. The van der Waals surface area contributed by atoms with Gasteiger partial charge in [0.25, 0.3) is 0 Å². The van der Waals surface area contributed by atoms with E-state index in [-0.39, 0.29) is 5.56 Å². The van der Waals surface area contributed by atoms with Crippen molar-refractivity contribution in [2.24, 2.45) is 5.10 Å². The Kier molecular flexibility index (Phi) is 5.29. The molecule has 0 saturated carbocycles. The molecule has 5 heteroatoms. The predicted octanol–water partition coefficient (Wildman–Crippen LogP) is 2.92. The number of carbonyl (C=O) groups excluding carboxylic acids is 1. The van der Waals surface area contributed by atoms with Crippen molar-refractivity contribution in [1.82, 2.24) is 0 Å². The second kappa shape index (κ2) is 7.98. The highest BCUT2D eigenvalue weighted by Gasteiger charge is 2.07. The number of nitrogens with one attached hydrogen (secondary N) is 1. The van der Waals surface area contributed by atoms with Gasteiger partial charge in [-0.05, 0) is 42.0 Å². The molecule has 1 N–H and O–H groups in total. The van der Waals surface area contributed by atoms with Gasteiger partial charge in [-0.2, -0.15) is 5.10 Å². The van der Waals surface area contributed by atoms with Crippen LogP contribution in [-0.2, 0) is 0 Å². The van der Waals surface area contributed by atoms with E-state index in [0.29, 0.717) is 5.69 Å². The fourth-order valence-corrected chi connectivity index (χ4v) is 2.48. The lowest BCUT2D eigenvalue weighted by Crippen LogP contribution is -2.22. The standard InChI is InChI=1S/C21H18N2O3/c1-26-19-12-10-16(11-13-19)20(15-6-3-2-4-7-15)23-22-18-9-5-8-17(14-18)21(24)25/h2-14,22H,1H3,(H,24,25)/p-1/b23-20+. The van der Waals surface area contributed by atoms with Crippen LogP contribution in [-0.4, -0.2) is 18.8 Å². The molecule has 0 spiro atoms. The monoisotopic (exact) mass is 345 g/mol. The highest BCUT2D eigenvalue weighted by atomic mass is 16.5. The van der Waals surface area contributed by atoms with Gasteiger partial charge in [0, 0.05) is 11.1 Å². The number of hydrazone groups is 1. The predicted molar refractivity (Wildman–Crippen MR) is 99.5 cm³/mol. The van der Waals surface area contributed by atoms with E-state index in [1.165, 1.54) is 12.1 Å². The number of hydrogen-bond acceptors (Lipinski definition) is 5. The number of carboxylic acids is 1. The van der Waals surface area contributed by atoms with Crippen LogP contribution < -0.4 is 15.3 Å². The van der Waals surface area contributed by atoms with Crippen LogP contribution in [0, 0.1) is 0 Å². The van der Waals surface area contributed by atoms with E-state index in [0.717, 1.165) is 22.6 Å². The summed E-state index contributed by atoms with van der Waals surface area (Å²) in [5, 5.41) is 15.5. The van der Waals surface area contributed by atoms with E-state index in [1.807, 2.05) is 54.6 Å². The molecule has 5 nitrogen and oxygen atoms in total. The smallest absolute Gasteiger partial charge is 0.118 e. The summed E-state index contributed by atoms with van der Waals surface area (Å²) in [6, 6.07) is 23.6. The lowest BCUT2D eigenvalue weighted by molar-refractivity contribution is -0.255. The number of rotatable bonds is 6. The number of nitrogens with zero attached hydrogens (tertiary/aromatic N) is 1. The maximum absolute atomic E-state index is 11.0. The van der Waals surface area contributed by atoms with Gasteiger partial charge in [-0.15, -0.1) is 0 Å². The Morgan fingerprint density at radius 3 is 2.19 bits per heavy atom. The first kappa shape index (κ1) is 17.2. The van der Waals surface area contributed by atoms with E-state index in [1.54, 1.807) is 19.2 Å². The Morgan fingerprint density at radius 1 is 0.885 bits per heavy atom. The number of ether oxygens (including phenoxy) is 1. The third-order valence-electron chi connectivity index (χ3n) is 3.81. The fourth-order valence-electron chi connectivity index (χ4n) is 2.48. The highest BCUT2D eigenvalue weighted by Crippen LogP contribution is 2.17. The first-order valence-corrected chi connectivity index (χ1v) is 8.02. The molecule has 0 aliphatic rings. The molecule has 0 amide bonds. The van der Waals surface area contributed by atoms with Crippen molar-refractivity contribution < 1.29 is 14.6 Å². The molecule has 0 aromatic heterocycles. The van der Waals surface area contributed by atoms with Gasteiger partial charge >= 0.3 is 0 Å². The van der Waals surface area contributed by atoms with Crippen molar-refractivity contribution >= 4 is 17.4 Å². The van der Waals surface area contributed by atoms with Crippen LogP contribution in [0.1, 0.15) is 21.5 Å². The Hall–Kier alpha value is -3.60. The number of methoxy groups -OCH3 is 1. The van der Waals surface area contributed by atoms with Crippen LogP contribution in [0.15, 0.2) is 84.0 Å². The number of carboxylic acid groups (broad SMARTS) is 1. The van der Waals surface area contributed by atoms with Gasteiger partial charge < -0.3 is 14.6 Å². The molecule has 0 aliphatic carbocycles. The summed E-state index contributed by atoms with van der Waals surface area (Å²) >= 11 is 0. The molecule has 130 valence electrons. The Labute approximate surface area is 151 Å². The van der Waals surface area contributed by atoms with Crippen molar-refractivity contribution in [3.63, 3.8) is 0 Å².